The fourth-order valence-electron chi connectivity index (χ4n) is 1.81. The van der Waals surface area contributed by atoms with E-state index in [0.29, 0.717) is 11.3 Å². The molecule has 0 saturated heterocycles. The van der Waals surface area contributed by atoms with Gasteiger partial charge < -0.3 is 0 Å². The fraction of sp³-hybridized carbons (Fsp3) is 0. The lowest BCUT2D eigenvalue weighted by Gasteiger charge is -2.19. The molecule has 2 aromatic carbocycles. The van der Waals surface area contributed by atoms with Gasteiger partial charge in [-0.3, -0.25) is 15.0 Å². The minimum absolute atomic E-state index is 0.0632. The van der Waals surface area contributed by atoms with Crippen molar-refractivity contribution in [2.24, 2.45) is 0 Å². The number of terminal acetylenes is 2. The van der Waals surface area contributed by atoms with E-state index in [1.54, 1.807) is 11.0 Å². The largest absolute Gasteiger partial charge is 0.270 e. The molecule has 4 nitrogen and oxygen atoms in total. The van der Waals surface area contributed by atoms with Gasteiger partial charge in [0.15, 0.2) is 0 Å². The van der Waals surface area contributed by atoms with E-state index >= 15 is 0 Å². The lowest BCUT2D eigenvalue weighted by Crippen LogP contribution is -2.10. The van der Waals surface area contributed by atoms with Crippen molar-refractivity contribution in [3.05, 3.63) is 64.2 Å². The Morgan fingerprint density at radius 3 is 2.35 bits per heavy atom. The van der Waals surface area contributed by atoms with E-state index in [2.05, 4.69) is 12.0 Å². The summed E-state index contributed by atoms with van der Waals surface area (Å²) in [5.41, 5.74) is 1.64. The number of hydrogen-bond donors (Lipinski definition) is 0. The summed E-state index contributed by atoms with van der Waals surface area (Å²) >= 11 is 0. The molecule has 20 heavy (non-hydrogen) atoms. The van der Waals surface area contributed by atoms with Crippen LogP contribution in [0.2, 0.25) is 0 Å². The van der Waals surface area contributed by atoms with Crippen LogP contribution in [0.4, 0.5) is 17.1 Å². The number of nitro benzene ring substituents is 1. The van der Waals surface area contributed by atoms with E-state index in [1.807, 2.05) is 30.3 Å². The van der Waals surface area contributed by atoms with Crippen LogP contribution in [0, 0.1) is 34.9 Å². The summed E-state index contributed by atoms with van der Waals surface area (Å²) in [6.07, 6.45) is 11.0. The highest BCUT2D eigenvalue weighted by molar-refractivity contribution is 5.74. The third-order valence-electron chi connectivity index (χ3n) is 2.73. The van der Waals surface area contributed by atoms with Gasteiger partial charge in [0, 0.05) is 18.2 Å². The smallest absolute Gasteiger partial charge is 0.269 e. The van der Waals surface area contributed by atoms with Crippen molar-refractivity contribution in [2.75, 3.05) is 4.90 Å². The van der Waals surface area contributed by atoms with Crippen LogP contribution in [0.25, 0.3) is 0 Å². The molecule has 0 bridgehead atoms. The van der Waals surface area contributed by atoms with Gasteiger partial charge in [-0.1, -0.05) is 30.5 Å². The quantitative estimate of drug-likeness (QED) is 0.369. The maximum absolute atomic E-state index is 10.8. The van der Waals surface area contributed by atoms with Crippen molar-refractivity contribution >= 4 is 17.1 Å². The number of non-ortho nitro benzene ring substituents is 1. The Hall–Kier alpha value is -3.24. The van der Waals surface area contributed by atoms with Gasteiger partial charge in [0.2, 0.25) is 0 Å². The van der Waals surface area contributed by atoms with Gasteiger partial charge in [-0.05, 0) is 18.2 Å². The lowest BCUT2D eigenvalue weighted by atomic mass is 10.1. The molecule has 0 saturated carbocycles. The number of benzene rings is 2. The maximum atomic E-state index is 10.8. The van der Waals surface area contributed by atoms with Gasteiger partial charge in [0.1, 0.15) is 0 Å². The van der Waals surface area contributed by atoms with E-state index in [4.69, 9.17) is 12.8 Å². The highest BCUT2D eigenvalue weighted by atomic mass is 16.6. The Kier molecular flexibility index (Phi) is 3.70. The molecule has 0 spiro atoms. The zero-order chi connectivity index (χ0) is 14.5. The molecular formula is C16H10N2O2. The van der Waals surface area contributed by atoms with Crippen LogP contribution in [-0.2, 0) is 0 Å². The number of nitrogens with zero attached hydrogens (tertiary/aromatic N) is 2. The summed E-state index contributed by atoms with van der Waals surface area (Å²) in [6, 6.07) is 16.0. The molecule has 2 aromatic rings. The average molecular weight is 262 g/mol. The summed E-state index contributed by atoms with van der Waals surface area (Å²) in [6.45, 7) is 0. The highest BCUT2D eigenvalue weighted by Crippen LogP contribution is 2.30. The Morgan fingerprint density at radius 1 is 1.10 bits per heavy atom. The first-order valence-electron chi connectivity index (χ1n) is 5.74. The third-order valence-corrected chi connectivity index (χ3v) is 2.73. The minimum Gasteiger partial charge on any atom is -0.269 e. The highest BCUT2D eigenvalue weighted by Gasteiger charge is 2.14. The zero-order valence-electron chi connectivity index (χ0n) is 10.5. The molecule has 0 aliphatic rings. The Labute approximate surface area is 116 Å². The lowest BCUT2D eigenvalue weighted by molar-refractivity contribution is -0.384. The van der Waals surface area contributed by atoms with Gasteiger partial charge in [-0.25, -0.2) is 0 Å². The van der Waals surface area contributed by atoms with Crippen molar-refractivity contribution in [1.29, 1.82) is 0 Å². The molecule has 0 amide bonds. The molecule has 0 radical (unpaired) electrons. The summed E-state index contributed by atoms with van der Waals surface area (Å²) in [5, 5.41) is 10.8. The summed E-state index contributed by atoms with van der Waals surface area (Å²) in [7, 11) is 0. The normalized spacial score (nSPS) is 9.30. The van der Waals surface area contributed by atoms with Crippen LogP contribution >= 0.6 is 0 Å². The second-order valence-corrected chi connectivity index (χ2v) is 3.90. The Balaban J connectivity index is 2.55. The predicted octanol–water partition coefficient (Wildman–Crippen LogP) is 3.30. The van der Waals surface area contributed by atoms with Gasteiger partial charge in [-0.15, -0.1) is 6.42 Å². The van der Waals surface area contributed by atoms with Crippen LogP contribution in [0.15, 0.2) is 48.5 Å². The van der Waals surface area contributed by atoms with Gasteiger partial charge in [0.25, 0.3) is 5.69 Å². The van der Waals surface area contributed by atoms with Crippen LogP contribution in [0.1, 0.15) is 5.56 Å². The van der Waals surface area contributed by atoms with Crippen molar-refractivity contribution in [2.45, 2.75) is 0 Å². The number of para-hydroxylation sites is 1. The number of anilines is 2. The second kappa shape index (κ2) is 5.60. The van der Waals surface area contributed by atoms with Crippen LogP contribution in [0.3, 0.4) is 0 Å². The minimum atomic E-state index is -0.493. The molecule has 2 rings (SSSR count). The second-order valence-electron chi connectivity index (χ2n) is 3.90. The molecule has 0 aliphatic carbocycles. The first kappa shape index (κ1) is 13.2. The average Bonchev–Trinajstić information content (AvgIpc) is 2.49. The molecule has 4 heteroatoms. The zero-order valence-corrected chi connectivity index (χ0v) is 10.5. The maximum Gasteiger partial charge on any atom is 0.270 e. The molecule has 96 valence electrons. The fourth-order valence-corrected chi connectivity index (χ4v) is 1.81. The number of rotatable bonds is 3. The van der Waals surface area contributed by atoms with E-state index in [1.165, 1.54) is 12.1 Å². The number of nitro groups is 1. The molecule has 0 unspecified atom stereocenters. The van der Waals surface area contributed by atoms with Crippen LogP contribution in [0.5, 0.6) is 0 Å². The standard InChI is InChI=1S/C16H10N2O2/c1-3-13-12-15(18(19)20)10-11-16(13)17(4-2)14-8-6-5-7-9-14/h1-2,5-12H. The van der Waals surface area contributed by atoms with Crippen molar-refractivity contribution in [3.8, 4) is 24.8 Å². The van der Waals surface area contributed by atoms with Crippen LogP contribution in [-0.4, -0.2) is 4.92 Å². The SMILES string of the molecule is C#Cc1cc([N+](=O)[O-])ccc1N(C#C)c1ccccc1. The summed E-state index contributed by atoms with van der Waals surface area (Å²) < 4.78 is 0. The van der Waals surface area contributed by atoms with Crippen LogP contribution < -0.4 is 4.90 Å². The topological polar surface area (TPSA) is 46.4 Å². The van der Waals surface area contributed by atoms with E-state index in [-0.39, 0.29) is 5.69 Å². The first-order valence-corrected chi connectivity index (χ1v) is 5.74. The van der Waals surface area contributed by atoms with Gasteiger partial charge in [-0.2, -0.15) is 0 Å². The van der Waals surface area contributed by atoms with Gasteiger partial charge in [0.05, 0.1) is 21.9 Å². The van der Waals surface area contributed by atoms with E-state index in [0.717, 1.165) is 5.69 Å². The summed E-state index contributed by atoms with van der Waals surface area (Å²) in [4.78, 5) is 11.8. The molecule has 0 fully saturated rings. The molecule has 0 atom stereocenters. The molecule has 0 N–H and O–H groups in total. The third kappa shape index (κ3) is 2.45. The Morgan fingerprint density at radius 2 is 1.80 bits per heavy atom. The van der Waals surface area contributed by atoms with Gasteiger partial charge >= 0.3 is 0 Å². The summed E-state index contributed by atoms with van der Waals surface area (Å²) in [5.74, 6) is 2.43. The van der Waals surface area contributed by atoms with Crippen molar-refractivity contribution in [1.82, 2.24) is 0 Å². The van der Waals surface area contributed by atoms with Crippen molar-refractivity contribution < 1.29 is 4.92 Å². The predicted molar refractivity (Wildman–Crippen MR) is 78.4 cm³/mol. The number of hydrogen-bond acceptors (Lipinski definition) is 3. The Bertz CT molecular complexity index is 724. The van der Waals surface area contributed by atoms with E-state index < -0.39 is 4.92 Å². The molecule has 0 heterocycles. The van der Waals surface area contributed by atoms with Crippen molar-refractivity contribution in [3.63, 3.8) is 0 Å². The van der Waals surface area contributed by atoms with E-state index in [9.17, 15) is 10.1 Å². The molecule has 0 aliphatic heterocycles. The molecule has 0 aromatic heterocycles. The molecular weight excluding hydrogens is 252 g/mol. The first-order chi connectivity index (χ1) is 9.67. The monoisotopic (exact) mass is 262 g/mol.